The van der Waals surface area contributed by atoms with Gasteiger partial charge >= 0.3 is 0 Å². The Labute approximate surface area is 127 Å². The molecule has 0 aromatic carbocycles. The van der Waals surface area contributed by atoms with Gasteiger partial charge in [0.25, 0.3) is 5.56 Å². The van der Waals surface area contributed by atoms with E-state index in [2.05, 4.69) is 26.9 Å². The Morgan fingerprint density at radius 2 is 2.24 bits per heavy atom. The van der Waals surface area contributed by atoms with Crippen molar-refractivity contribution in [1.82, 2.24) is 19.4 Å². The number of aromatic nitrogens is 4. The third-order valence-corrected chi connectivity index (χ3v) is 3.77. The van der Waals surface area contributed by atoms with Crippen LogP contribution in [0, 0.1) is 0 Å². The van der Waals surface area contributed by atoms with Gasteiger partial charge in [-0.1, -0.05) is 11.4 Å². The van der Waals surface area contributed by atoms with Crippen LogP contribution in [0.5, 0.6) is 0 Å². The molecule has 0 bridgehead atoms. The van der Waals surface area contributed by atoms with E-state index < -0.39 is 0 Å². The predicted molar refractivity (Wildman–Crippen MR) is 85.2 cm³/mol. The van der Waals surface area contributed by atoms with Crippen LogP contribution in [0.3, 0.4) is 0 Å². The van der Waals surface area contributed by atoms with E-state index in [9.17, 15) is 4.79 Å². The summed E-state index contributed by atoms with van der Waals surface area (Å²) in [6, 6.07) is 1.61. The van der Waals surface area contributed by atoms with Crippen molar-refractivity contribution in [2.45, 2.75) is 26.8 Å². The molecule has 0 aliphatic rings. The smallest absolute Gasteiger partial charge is 0.269 e. The minimum Gasteiger partial charge on any atom is -0.374 e. The molecular weight excluding hydrogens is 288 g/mol. The fourth-order valence-electron chi connectivity index (χ4n) is 1.96. The fraction of sp³-hybridized carbons (Fsp3) is 0.538. The topological polar surface area (TPSA) is 75.9 Å². The molecule has 114 valence electrons. The van der Waals surface area contributed by atoms with E-state index in [-0.39, 0.29) is 5.56 Å². The van der Waals surface area contributed by atoms with Gasteiger partial charge in [-0.05, 0) is 13.3 Å². The molecule has 0 fully saturated rings. The second-order valence-corrected chi connectivity index (χ2v) is 5.46. The van der Waals surface area contributed by atoms with E-state index in [0.717, 1.165) is 35.9 Å². The summed E-state index contributed by atoms with van der Waals surface area (Å²) in [4.78, 5) is 14.2. The van der Waals surface area contributed by atoms with Gasteiger partial charge in [0, 0.05) is 37.7 Å². The minimum absolute atomic E-state index is 0.133. The summed E-state index contributed by atoms with van der Waals surface area (Å²) in [7, 11) is 1.96. The number of hydrogen-bond acceptors (Lipinski definition) is 7. The summed E-state index contributed by atoms with van der Waals surface area (Å²) < 4.78 is 5.32. The van der Waals surface area contributed by atoms with Gasteiger partial charge in [0.2, 0.25) is 0 Å². The fourth-order valence-corrected chi connectivity index (χ4v) is 2.61. The highest BCUT2D eigenvalue weighted by Gasteiger charge is 2.10. The van der Waals surface area contributed by atoms with Gasteiger partial charge in [-0.25, -0.2) is 4.68 Å². The Morgan fingerprint density at radius 1 is 1.43 bits per heavy atom. The van der Waals surface area contributed by atoms with Crippen molar-refractivity contribution in [3.05, 3.63) is 28.3 Å². The lowest BCUT2D eigenvalue weighted by Gasteiger charge is -2.17. The molecule has 21 heavy (non-hydrogen) atoms. The van der Waals surface area contributed by atoms with Crippen LogP contribution in [-0.2, 0) is 6.54 Å². The Balaban J connectivity index is 2.18. The Hall–Kier alpha value is -1.96. The Morgan fingerprint density at radius 3 is 2.90 bits per heavy atom. The normalized spacial score (nSPS) is 10.6. The summed E-state index contributed by atoms with van der Waals surface area (Å²) in [5.74, 6) is 0. The van der Waals surface area contributed by atoms with Crippen molar-refractivity contribution >= 4 is 22.2 Å². The first kappa shape index (κ1) is 15.4. The Kier molecular flexibility index (Phi) is 5.26. The van der Waals surface area contributed by atoms with Gasteiger partial charge in [-0.15, -0.1) is 5.10 Å². The van der Waals surface area contributed by atoms with Crippen LogP contribution in [0.15, 0.2) is 17.1 Å². The molecule has 0 aliphatic carbocycles. The van der Waals surface area contributed by atoms with Gasteiger partial charge in [-0.3, -0.25) is 4.79 Å². The lowest BCUT2D eigenvalue weighted by Crippen LogP contribution is -2.26. The quantitative estimate of drug-likeness (QED) is 0.834. The summed E-state index contributed by atoms with van der Waals surface area (Å²) >= 11 is 1.29. The van der Waals surface area contributed by atoms with Crippen molar-refractivity contribution in [2.75, 3.05) is 30.4 Å². The van der Waals surface area contributed by atoms with E-state index in [4.69, 9.17) is 0 Å². The monoisotopic (exact) mass is 308 g/mol. The highest BCUT2D eigenvalue weighted by atomic mass is 32.1. The van der Waals surface area contributed by atoms with E-state index in [1.54, 1.807) is 12.3 Å². The standard InChI is InChI=1S/C13H20N6OS/c1-4-6-18(3)10-7-12(20)19(15-8-10)9-11-13(14-5-2)21-17-16-11/h7-8,14H,4-6,9H2,1-3H3. The van der Waals surface area contributed by atoms with E-state index in [1.807, 2.05) is 18.9 Å². The second kappa shape index (κ2) is 7.16. The molecule has 7 nitrogen and oxygen atoms in total. The van der Waals surface area contributed by atoms with Crippen LogP contribution >= 0.6 is 11.5 Å². The molecule has 0 radical (unpaired) electrons. The van der Waals surface area contributed by atoms with Crippen molar-refractivity contribution < 1.29 is 0 Å². The van der Waals surface area contributed by atoms with Crippen LogP contribution in [0.1, 0.15) is 26.0 Å². The highest BCUT2D eigenvalue weighted by molar-refractivity contribution is 7.10. The largest absolute Gasteiger partial charge is 0.374 e. The molecule has 0 aliphatic heterocycles. The maximum absolute atomic E-state index is 12.2. The second-order valence-electron chi connectivity index (χ2n) is 4.71. The van der Waals surface area contributed by atoms with Crippen molar-refractivity contribution in [1.29, 1.82) is 0 Å². The lowest BCUT2D eigenvalue weighted by molar-refractivity contribution is 0.625. The van der Waals surface area contributed by atoms with Gasteiger partial charge in [-0.2, -0.15) is 5.10 Å². The molecule has 0 saturated carbocycles. The first-order valence-corrected chi connectivity index (χ1v) is 7.76. The molecule has 2 aromatic rings. The first-order valence-electron chi connectivity index (χ1n) is 6.99. The molecule has 0 atom stereocenters. The Bertz CT molecular complexity index is 638. The molecule has 2 rings (SSSR count). The summed E-state index contributed by atoms with van der Waals surface area (Å²) in [5.41, 5.74) is 1.44. The summed E-state index contributed by atoms with van der Waals surface area (Å²) in [5, 5.41) is 12.4. The van der Waals surface area contributed by atoms with Crippen molar-refractivity contribution in [3.8, 4) is 0 Å². The number of nitrogens with one attached hydrogen (secondary N) is 1. The number of anilines is 2. The van der Waals surface area contributed by atoms with Crippen LogP contribution < -0.4 is 15.8 Å². The highest BCUT2D eigenvalue weighted by Crippen LogP contribution is 2.17. The molecule has 8 heteroatoms. The minimum atomic E-state index is -0.133. The van der Waals surface area contributed by atoms with Crippen LogP contribution in [0.25, 0.3) is 0 Å². The number of rotatable bonds is 7. The van der Waals surface area contributed by atoms with Crippen LogP contribution in [-0.4, -0.2) is 39.5 Å². The molecule has 0 spiro atoms. The molecule has 2 aromatic heterocycles. The zero-order valence-corrected chi connectivity index (χ0v) is 13.4. The molecule has 0 saturated heterocycles. The number of nitrogens with zero attached hydrogens (tertiary/aromatic N) is 5. The van der Waals surface area contributed by atoms with Gasteiger partial charge in [0.05, 0.1) is 18.4 Å². The molecule has 0 amide bonds. The average molecular weight is 308 g/mol. The van der Waals surface area contributed by atoms with E-state index >= 15 is 0 Å². The lowest BCUT2D eigenvalue weighted by atomic mass is 10.3. The third-order valence-electron chi connectivity index (χ3n) is 3.05. The van der Waals surface area contributed by atoms with Crippen molar-refractivity contribution in [3.63, 3.8) is 0 Å². The van der Waals surface area contributed by atoms with E-state index in [0.29, 0.717) is 6.54 Å². The van der Waals surface area contributed by atoms with Gasteiger partial charge < -0.3 is 10.2 Å². The van der Waals surface area contributed by atoms with Gasteiger partial charge in [0.1, 0.15) is 10.7 Å². The summed E-state index contributed by atoms with van der Waals surface area (Å²) in [6.45, 7) is 6.12. The SMILES string of the molecule is CCCN(C)c1cnn(Cc2nnsc2NCC)c(=O)c1. The van der Waals surface area contributed by atoms with E-state index in [1.165, 1.54) is 16.2 Å². The van der Waals surface area contributed by atoms with Crippen LogP contribution in [0.4, 0.5) is 10.7 Å². The van der Waals surface area contributed by atoms with Gasteiger partial charge in [0.15, 0.2) is 0 Å². The van der Waals surface area contributed by atoms with Crippen LogP contribution in [0.2, 0.25) is 0 Å². The molecule has 1 N–H and O–H groups in total. The molecule has 2 heterocycles. The third kappa shape index (κ3) is 3.78. The summed E-state index contributed by atoms with van der Waals surface area (Å²) in [6.07, 6.45) is 2.74. The molecular formula is C13H20N6OS. The first-order chi connectivity index (χ1) is 10.2. The predicted octanol–water partition coefficient (Wildman–Crippen LogP) is 1.42. The molecule has 0 unspecified atom stereocenters. The zero-order valence-electron chi connectivity index (χ0n) is 12.5. The van der Waals surface area contributed by atoms with Crippen molar-refractivity contribution in [2.24, 2.45) is 0 Å². The number of hydrogen-bond donors (Lipinski definition) is 1. The zero-order chi connectivity index (χ0) is 15.2. The average Bonchev–Trinajstić information content (AvgIpc) is 2.89. The maximum atomic E-state index is 12.2. The maximum Gasteiger partial charge on any atom is 0.269 e.